The Morgan fingerprint density at radius 3 is 2.92 bits per heavy atom. The summed E-state index contributed by atoms with van der Waals surface area (Å²) < 4.78 is 2.34. The summed E-state index contributed by atoms with van der Waals surface area (Å²) in [4.78, 5) is 21.9. The molecule has 0 saturated carbocycles. The number of rotatable bonds is 3. The fraction of sp³-hybridized carbons (Fsp3) is 0.167. The van der Waals surface area contributed by atoms with E-state index in [0.717, 1.165) is 11.5 Å². The van der Waals surface area contributed by atoms with Crippen molar-refractivity contribution in [1.82, 2.24) is 4.37 Å². The Labute approximate surface area is 77.0 Å². The lowest BCUT2D eigenvalue weighted by Gasteiger charge is -1.89. The smallest absolute Gasteiger partial charge is 0.342 e. The second kappa shape index (κ2) is 3.59. The number of thiocarbonyl (C=S) groups is 1. The predicted molar refractivity (Wildman–Crippen MR) is 49.3 cm³/mol. The van der Waals surface area contributed by atoms with Crippen LogP contribution >= 0.6 is 23.8 Å². The van der Waals surface area contributed by atoms with Crippen molar-refractivity contribution >= 4 is 35.1 Å². The van der Waals surface area contributed by atoms with Crippen LogP contribution in [0.15, 0.2) is 4.79 Å². The van der Waals surface area contributed by atoms with Gasteiger partial charge >= 0.3 is 5.97 Å². The molecular weight excluding hydrogens is 198 g/mol. The molecule has 0 saturated heterocycles. The SMILES string of the molecule is O=C(O)c1c(CC=S)s[nH]c1=O. The fourth-order valence-corrected chi connectivity index (χ4v) is 1.81. The third kappa shape index (κ3) is 1.59. The van der Waals surface area contributed by atoms with Gasteiger partial charge in [0.15, 0.2) is 0 Å². The maximum atomic E-state index is 10.9. The number of carboxylic acids is 1. The van der Waals surface area contributed by atoms with Crippen LogP contribution in [0.2, 0.25) is 0 Å². The van der Waals surface area contributed by atoms with Gasteiger partial charge in [-0.1, -0.05) is 23.8 Å². The molecule has 0 aliphatic heterocycles. The number of aromatic nitrogens is 1. The highest BCUT2D eigenvalue weighted by atomic mass is 32.1. The highest BCUT2D eigenvalue weighted by Crippen LogP contribution is 2.08. The van der Waals surface area contributed by atoms with Crippen LogP contribution < -0.4 is 5.56 Å². The molecule has 2 N–H and O–H groups in total. The molecule has 64 valence electrons. The third-order valence-corrected chi connectivity index (χ3v) is 2.33. The van der Waals surface area contributed by atoms with Gasteiger partial charge in [-0.3, -0.25) is 9.17 Å². The minimum Gasteiger partial charge on any atom is -0.477 e. The molecule has 0 atom stereocenters. The first-order valence-corrected chi connectivity index (χ1v) is 4.33. The molecule has 0 aliphatic carbocycles. The zero-order valence-electron chi connectivity index (χ0n) is 5.86. The summed E-state index contributed by atoms with van der Waals surface area (Å²) in [5, 5.41) is 10.00. The van der Waals surface area contributed by atoms with Crippen molar-refractivity contribution in [3.63, 3.8) is 0 Å². The largest absolute Gasteiger partial charge is 0.477 e. The van der Waals surface area contributed by atoms with Gasteiger partial charge in [0.05, 0.1) is 0 Å². The Bertz CT molecular complexity index is 365. The van der Waals surface area contributed by atoms with Gasteiger partial charge in [-0.25, -0.2) is 4.79 Å². The summed E-state index contributed by atoms with van der Waals surface area (Å²) in [7, 11) is 0. The van der Waals surface area contributed by atoms with E-state index in [1.807, 2.05) is 0 Å². The van der Waals surface area contributed by atoms with Crippen LogP contribution in [0.3, 0.4) is 0 Å². The maximum Gasteiger partial charge on any atom is 0.342 e. The van der Waals surface area contributed by atoms with Crippen LogP contribution in [0, 0.1) is 0 Å². The topological polar surface area (TPSA) is 70.2 Å². The minimum absolute atomic E-state index is 0.193. The summed E-state index contributed by atoms with van der Waals surface area (Å²) in [6.45, 7) is 0. The monoisotopic (exact) mass is 203 g/mol. The fourth-order valence-electron chi connectivity index (χ4n) is 0.772. The molecule has 0 bridgehead atoms. The van der Waals surface area contributed by atoms with E-state index in [4.69, 9.17) is 5.11 Å². The first-order valence-electron chi connectivity index (χ1n) is 3.04. The highest BCUT2D eigenvalue weighted by molar-refractivity contribution is 7.79. The van der Waals surface area contributed by atoms with Gasteiger partial charge in [-0.15, -0.1) is 0 Å². The predicted octanol–water partition coefficient (Wildman–Crippen LogP) is 0.677. The number of nitrogens with one attached hydrogen (secondary N) is 1. The molecule has 0 fully saturated rings. The average Bonchev–Trinajstić information content (AvgIpc) is 2.32. The van der Waals surface area contributed by atoms with Crippen molar-refractivity contribution in [1.29, 1.82) is 0 Å². The Morgan fingerprint density at radius 1 is 1.75 bits per heavy atom. The molecule has 6 heteroatoms. The van der Waals surface area contributed by atoms with Crippen molar-refractivity contribution in [3.8, 4) is 0 Å². The van der Waals surface area contributed by atoms with Crippen LogP contribution in [0.1, 0.15) is 15.2 Å². The molecule has 1 heterocycles. The van der Waals surface area contributed by atoms with Crippen molar-refractivity contribution in [2.24, 2.45) is 0 Å². The summed E-state index contributed by atoms with van der Waals surface area (Å²) in [6.07, 6.45) is 0.334. The zero-order valence-corrected chi connectivity index (χ0v) is 7.50. The highest BCUT2D eigenvalue weighted by Gasteiger charge is 2.15. The Balaban J connectivity index is 3.21. The normalized spacial score (nSPS) is 9.67. The van der Waals surface area contributed by atoms with Gasteiger partial charge in [0.2, 0.25) is 0 Å². The number of hydrogen-bond acceptors (Lipinski definition) is 4. The maximum absolute atomic E-state index is 10.9. The number of aromatic amines is 1. The Kier molecular flexibility index (Phi) is 2.72. The van der Waals surface area contributed by atoms with E-state index in [9.17, 15) is 9.59 Å². The van der Waals surface area contributed by atoms with Crippen LogP contribution in [0.4, 0.5) is 0 Å². The van der Waals surface area contributed by atoms with Crippen molar-refractivity contribution in [3.05, 3.63) is 20.8 Å². The average molecular weight is 203 g/mol. The first kappa shape index (κ1) is 9.08. The molecule has 12 heavy (non-hydrogen) atoms. The van der Waals surface area contributed by atoms with E-state index in [1.54, 1.807) is 0 Å². The van der Waals surface area contributed by atoms with E-state index in [-0.39, 0.29) is 5.56 Å². The van der Waals surface area contributed by atoms with E-state index < -0.39 is 11.5 Å². The lowest BCUT2D eigenvalue weighted by atomic mass is 10.2. The van der Waals surface area contributed by atoms with E-state index in [0.29, 0.717) is 11.3 Å². The molecule has 1 aromatic rings. The lowest BCUT2D eigenvalue weighted by molar-refractivity contribution is 0.0695. The summed E-state index contributed by atoms with van der Waals surface area (Å²) >= 11 is 5.58. The van der Waals surface area contributed by atoms with Gasteiger partial charge in [-0.2, -0.15) is 0 Å². The molecule has 1 rings (SSSR count). The lowest BCUT2D eigenvalue weighted by Crippen LogP contribution is -2.13. The molecule has 0 spiro atoms. The van der Waals surface area contributed by atoms with Gasteiger partial charge < -0.3 is 5.11 Å². The molecule has 0 amide bonds. The van der Waals surface area contributed by atoms with E-state index >= 15 is 0 Å². The number of carbonyl (C=O) groups is 1. The zero-order chi connectivity index (χ0) is 9.14. The molecule has 4 nitrogen and oxygen atoms in total. The second-order valence-electron chi connectivity index (χ2n) is 2.01. The van der Waals surface area contributed by atoms with Crippen LogP contribution in [-0.4, -0.2) is 20.8 Å². The number of carboxylic acid groups (broad SMARTS) is 1. The van der Waals surface area contributed by atoms with Crippen LogP contribution in [0.5, 0.6) is 0 Å². The third-order valence-electron chi connectivity index (χ3n) is 1.26. The summed E-state index contributed by atoms with van der Waals surface area (Å²) in [5.41, 5.74) is -0.750. The standard InChI is InChI=1S/C6H5NO3S2/c8-5-4(6(9)10)3(1-2-11)12-7-5/h2H,1H2,(H,7,8)(H,9,10). The Hall–Kier alpha value is -1.01. The van der Waals surface area contributed by atoms with Crippen LogP contribution in [0.25, 0.3) is 0 Å². The van der Waals surface area contributed by atoms with Crippen molar-refractivity contribution < 1.29 is 9.90 Å². The summed E-state index contributed by atoms with van der Waals surface area (Å²) in [6, 6.07) is 0. The van der Waals surface area contributed by atoms with Gasteiger partial charge in [-0.05, 0) is 5.37 Å². The number of hydrogen-bond donors (Lipinski definition) is 2. The number of aromatic carboxylic acids is 1. The molecule has 0 aromatic carbocycles. The molecule has 0 aliphatic rings. The van der Waals surface area contributed by atoms with Gasteiger partial charge in [0.25, 0.3) is 5.56 Å². The van der Waals surface area contributed by atoms with Crippen molar-refractivity contribution in [2.75, 3.05) is 0 Å². The molecular formula is C6H5NO3S2. The second-order valence-corrected chi connectivity index (χ2v) is 3.24. The quantitative estimate of drug-likeness (QED) is 0.709. The first-order chi connectivity index (χ1) is 5.66. The van der Waals surface area contributed by atoms with Gasteiger partial charge in [0, 0.05) is 11.3 Å². The molecule has 1 aromatic heterocycles. The molecule has 0 unspecified atom stereocenters. The van der Waals surface area contributed by atoms with E-state index in [2.05, 4.69) is 16.6 Å². The molecule has 0 radical (unpaired) electrons. The van der Waals surface area contributed by atoms with E-state index in [1.165, 1.54) is 5.37 Å². The summed E-state index contributed by atoms with van der Waals surface area (Å²) in [5.74, 6) is -1.20. The number of H-pyrrole nitrogens is 1. The Morgan fingerprint density at radius 2 is 2.42 bits per heavy atom. The van der Waals surface area contributed by atoms with Crippen LogP contribution in [-0.2, 0) is 6.42 Å². The minimum atomic E-state index is -1.20. The van der Waals surface area contributed by atoms with Gasteiger partial charge in [0.1, 0.15) is 5.56 Å². The van der Waals surface area contributed by atoms with Crippen molar-refractivity contribution in [2.45, 2.75) is 6.42 Å².